The molecule has 15 heteroatoms. The van der Waals surface area contributed by atoms with Crippen LogP contribution in [0.15, 0.2) is 73.7 Å². The van der Waals surface area contributed by atoms with Crippen LogP contribution in [-0.2, 0) is 34.6 Å². The minimum Gasteiger partial charge on any atom is -0.464 e. The van der Waals surface area contributed by atoms with E-state index in [1.165, 1.54) is 24.3 Å². The molecule has 1 heterocycles. The van der Waals surface area contributed by atoms with Crippen molar-refractivity contribution in [3.05, 3.63) is 48.5 Å². The Bertz CT molecular complexity index is 1330. The van der Waals surface area contributed by atoms with E-state index < -0.39 is 48.8 Å². The first-order valence-corrected chi connectivity index (χ1v) is 11.4. The zero-order chi connectivity index (χ0) is 23.7. The number of anilines is 1. The number of hydrogen-bond acceptors (Lipinski definition) is 10. The van der Waals surface area contributed by atoms with Crippen molar-refractivity contribution in [2.24, 2.45) is 15.3 Å². The van der Waals surface area contributed by atoms with E-state index in [-0.39, 0.29) is 16.3 Å². The predicted molar refractivity (Wildman–Crippen MR) is 108 cm³/mol. The highest BCUT2D eigenvalue weighted by atomic mass is 32.2. The van der Waals surface area contributed by atoms with Crippen molar-refractivity contribution in [2.45, 2.75) is 15.8 Å². The molecule has 32 heavy (non-hydrogen) atoms. The highest BCUT2D eigenvalue weighted by Gasteiger charge is 2.41. The van der Waals surface area contributed by atoms with Crippen LogP contribution in [-0.4, -0.2) is 56.7 Å². The molecule has 0 radical (unpaired) electrons. The Morgan fingerprint density at radius 1 is 0.969 bits per heavy atom. The van der Waals surface area contributed by atoms with Crippen LogP contribution in [0.25, 0.3) is 0 Å². The highest BCUT2D eigenvalue weighted by molar-refractivity contribution is 7.86. The molecule has 13 nitrogen and oxygen atoms in total. The first-order chi connectivity index (χ1) is 14.9. The molecule has 1 atom stereocenters. The van der Waals surface area contributed by atoms with Crippen LogP contribution < -0.4 is 5.01 Å². The number of amides is 1. The number of carbonyl (C=O) groups excluding carboxylic acids is 2. The lowest BCUT2D eigenvalue weighted by Crippen LogP contribution is -2.33. The minimum atomic E-state index is -4.45. The van der Waals surface area contributed by atoms with Crippen LogP contribution in [0.3, 0.4) is 0 Å². The first kappa shape index (κ1) is 23.1. The molecule has 2 aromatic carbocycles. The maximum atomic E-state index is 12.8. The summed E-state index contributed by atoms with van der Waals surface area (Å²) in [5, 5.41) is 12.3. The van der Waals surface area contributed by atoms with Crippen molar-refractivity contribution in [2.75, 3.05) is 12.1 Å². The summed E-state index contributed by atoms with van der Waals surface area (Å²) in [6.45, 7) is 0. The smallest absolute Gasteiger partial charge is 0.357 e. The third-order valence-corrected chi connectivity index (χ3v) is 5.84. The second-order valence-electron chi connectivity index (χ2n) is 6.18. The molecule has 168 valence electrons. The van der Waals surface area contributed by atoms with Gasteiger partial charge >= 0.3 is 5.97 Å². The number of rotatable bonds is 6. The number of benzene rings is 2. The van der Waals surface area contributed by atoms with Crippen molar-refractivity contribution >= 4 is 49.2 Å². The normalized spacial score (nSPS) is 17.0. The quantitative estimate of drug-likeness (QED) is 0.346. The van der Waals surface area contributed by atoms with Crippen LogP contribution in [0.5, 0.6) is 0 Å². The molecule has 0 aromatic heterocycles. The molecule has 1 amide bonds. The van der Waals surface area contributed by atoms with Gasteiger partial charge in [-0.15, -0.1) is 0 Å². The molecule has 1 aliphatic heterocycles. The fourth-order valence-electron chi connectivity index (χ4n) is 2.56. The molecule has 0 saturated carbocycles. The minimum absolute atomic E-state index is 0.0824. The van der Waals surface area contributed by atoms with Crippen molar-refractivity contribution in [1.82, 2.24) is 0 Å². The van der Waals surface area contributed by atoms with Crippen LogP contribution in [0.2, 0.25) is 0 Å². The zero-order valence-electron chi connectivity index (χ0n) is 16.1. The number of nitrogens with zero attached hydrogens (tertiary/aromatic N) is 4. The zero-order valence-corrected chi connectivity index (χ0v) is 17.7. The monoisotopic (exact) mass is 482 g/mol. The van der Waals surface area contributed by atoms with Crippen molar-refractivity contribution < 1.29 is 40.3 Å². The average Bonchev–Trinajstić information content (AvgIpc) is 3.07. The van der Waals surface area contributed by atoms with E-state index in [1.807, 2.05) is 0 Å². The van der Waals surface area contributed by atoms with Crippen LogP contribution >= 0.6 is 0 Å². The fraction of sp³-hybridized carbons (Fsp3) is 0.118. The fourth-order valence-corrected chi connectivity index (χ4v) is 3.52. The highest BCUT2D eigenvalue weighted by Crippen LogP contribution is 2.25. The molecule has 0 bridgehead atoms. The second kappa shape index (κ2) is 8.54. The van der Waals surface area contributed by atoms with Gasteiger partial charge in [0.2, 0.25) is 6.04 Å². The Balaban J connectivity index is 1.91. The topological polar surface area (TPSA) is 192 Å². The number of azo groups is 1. The van der Waals surface area contributed by atoms with E-state index in [9.17, 15) is 26.4 Å². The third-order valence-electron chi connectivity index (χ3n) is 4.11. The molecule has 1 aliphatic rings. The second-order valence-corrected chi connectivity index (χ2v) is 9.03. The molecule has 3 rings (SSSR count). The van der Waals surface area contributed by atoms with Crippen molar-refractivity contribution in [3.8, 4) is 0 Å². The molecule has 1 unspecified atom stereocenters. The SMILES string of the molecule is COC(=O)C1=NN(c2ccc(S(=O)(=O)O)cc2)C(=O)C1/N=N/c1ccc(S(=O)(=O)O)cc1. The van der Waals surface area contributed by atoms with Gasteiger partial charge in [-0.3, -0.25) is 13.9 Å². The van der Waals surface area contributed by atoms with Crippen LogP contribution in [0.1, 0.15) is 0 Å². The van der Waals surface area contributed by atoms with Gasteiger partial charge in [0.15, 0.2) is 5.71 Å². The molecule has 0 fully saturated rings. The number of methoxy groups -OCH3 is 1. The molecule has 0 aliphatic carbocycles. The summed E-state index contributed by atoms with van der Waals surface area (Å²) in [7, 11) is -7.78. The van der Waals surface area contributed by atoms with Crippen LogP contribution in [0.4, 0.5) is 11.4 Å². The van der Waals surface area contributed by atoms with Gasteiger partial charge in [0.25, 0.3) is 26.1 Å². The summed E-state index contributed by atoms with van der Waals surface area (Å²) in [6, 6.07) is 7.52. The van der Waals surface area contributed by atoms with E-state index in [0.717, 1.165) is 36.4 Å². The average molecular weight is 482 g/mol. The molecule has 2 aromatic rings. The van der Waals surface area contributed by atoms with E-state index >= 15 is 0 Å². The lowest BCUT2D eigenvalue weighted by Gasteiger charge is -2.12. The van der Waals surface area contributed by atoms with Gasteiger partial charge < -0.3 is 4.74 Å². The van der Waals surface area contributed by atoms with E-state index in [4.69, 9.17) is 9.11 Å². The lowest BCUT2D eigenvalue weighted by molar-refractivity contribution is -0.133. The molecule has 0 saturated heterocycles. The lowest BCUT2D eigenvalue weighted by atomic mass is 10.2. The van der Waals surface area contributed by atoms with Gasteiger partial charge in [-0.1, -0.05) is 0 Å². The van der Waals surface area contributed by atoms with E-state index in [1.54, 1.807) is 0 Å². The Kier molecular flexibility index (Phi) is 6.18. The number of carbonyl (C=O) groups is 2. The predicted octanol–water partition coefficient (Wildman–Crippen LogP) is 1.21. The molecular weight excluding hydrogens is 468 g/mol. The Morgan fingerprint density at radius 3 is 1.94 bits per heavy atom. The van der Waals surface area contributed by atoms with Gasteiger partial charge in [0, 0.05) is 0 Å². The van der Waals surface area contributed by atoms with Gasteiger partial charge in [-0.05, 0) is 48.5 Å². The third kappa shape index (κ3) is 4.86. The maximum absolute atomic E-state index is 12.8. The number of hydrogen-bond donors (Lipinski definition) is 2. The summed E-state index contributed by atoms with van der Waals surface area (Å²) in [4.78, 5) is 24.1. The number of esters is 1. The largest absolute Gasteiger partial charge is 0.464 e. The summed E-state index contributed by atoms with van der Waals surface area (Å²) in [5.74, 6) is -1.76. The van der Waals surface area contributed by atoms with Gasteiger partial charge in [0.05, 0.1) is 28.3 Å². The maximum Gasteiger partial charge on any atom is 0.357 e. The summed E-state index contributed by atoms with van der Waals surface area (Å²) in [5.41, 5.74) is -0.195. The number of hydrazone groups is 1. The first-order valence-electron chi connectivity index (χ1n) is 8.48. The summed E-state index contributed by atoms with van der Waals surface area (Å²) in [6.07, 6.45) is 0. The standard InChI is InChI=1S/C17H14N4O9S2/c1-30-17(23)15-14(19-18-10-2-6-12(7-3-10)31(24,25)26)16(22)21(20-15)11-4-8-13(9-5-11)32(27,28)29/h2-9,14H,1H3,(H,24,25,26)(H,27,28,29)/b19-18+. The van der Waals surface area contributed by atoms with Crippen molar-refractivity contribution in [1.29, 1.82) is 0 Å². The van der Waals surface area contributed by atoms with Gasteiger partial charge in [-0.25, -0.2) is 4.79 Å². The summed E-state index contributed by atoms with van der Waals surface area (Å²) >= 11 is 0. The Morgan fingerprint density at radius 2 is 1.47 bits per heavy atom. The van der Waals surface area contributed by atoms with Gasteiger partial charge in [0.1, 0.15) is 0 Å². The van der Waals surface area contributed by atoms with E-state index in [2.05, 4.69) is 20.1 Å². The van der Waals surface area contributed by atoms with Gasteiger partial charge in [-0.2, -0.15) is 37.2 Å². The summed E-state index contributed by atoms with van der Waals surface area (Å²) < 4.78 is 67.2. The number of ether oxygens (including phenoxy) is 1. The van der Waals surface area contributed by atoms with E-state index in [0.29, 0.717) is 0 Å². The molecule has 0 spiro atoms. The van der Waals surface area contributed by atoms with Crippen LogP contribution in [0, 0.1) is 0 Å². The Labute approximate surface area is 181 Å². The Hall–Kier alpha value is -3.53. The molecular formula is C17H14N4O9S2. The van der Waals surface area contributed by atoms with Crippen molar-refractivity contribution in [3.63, 3.8) is 0 Å². The molecule has 2 N–H and O–H groups in total.